The SMILES string of the molecule is Nc1cc(C(F)(F)F)c(-c2nc(N3CCOCC3)c3nc(-c4cccc(NS(=O)(=O)c5cc(F)ccc5F)c4F)ccc3n2)cn1. The molecule has 0 radical (unpaired) electrons. The van der Waals surface area contributed by atoms with E-state index in [1.54, 1.807) is 4.90 Å². The molecule has 3 N–H and O–H groups in total. The minimum Gasteiger partial charge on any atom is -0.384 e. The number of anilines is 3. The molecule has 0 aliphatic carbocycles. The van der Waals surface area contributed by atoms with Gasteiger partial charge < -0.3 is 15.4 Å². The van der Waals surface area contributed by atoms with Crippen LogP contribution in [0.5, 0.6) is 0 Å². The summed E-state index contributed by atoms with van der Waals surface area (Å²) in [4.78, 5) is 17.8. The first-order valence-corrected chi connectivity index (χ1v) is 14.9. The van der Waals surface area contributed by atoms with Crippen LogP contribution in [-0.4, -0.2) is 54.7 Å². The Labute approximate surface area is 256 Å². The fourth-order valence-corrected chi connectivity index (χ4v) is 5.99. The Morgan fingerprint density at radius 1 is 0.913 bits per heavy atom. The van der Waals surface area contributed by atoms with Crippen molar-refractivity contribution in [1.82, 2.24) is 19.9 Å². The molecule has 1 aliphatic heterocycles. The second-order valence-electron chi connectivity index (χ2n) is 10.0. The largest absolute Gasteiger partial charge is 0.417 e. The van der Waals surface area contributed by atoms with Gasteiger partial charge in [0.25, 0.3) is 10.0 Å². The van der Waals surface area contributed by atoms with Crippen molar-refractivity contribution in [2.75, 3.05) is 41.7 Å². The molecule has 6 rings (SSSR count). The quantitative estimate of drug-likeness (QED) is 0.229. The molecular weight excluding hydrogens is 640 g/mol. The molecule has 238 valence electrons. The molecule has 10 nitrogen and oxygen atoms in total. The van der Waals surface area contributed by atoms with Gasteiger partial charge in [0, 0.05) is 30.4 Å². The fourth-order valence-electron chi connectivity index (χ4n) is 4.84. The maximum absolute atomic E-state index is 15.8. The molecule has 17 heteroatoms. The Kier molecular flexibility index (Phi) is 7.89. The van der Waals surface area contributed by atoms with Crippen molar-refractivity contribution >= 4 is 38.4 Å². The summed E-state index contributed by atoms with van der Waals surface area (Å²) in [5.74, 6) is -3.83. The van der Waals surface area contributed by atoms with E-state index < -0.39 is 55.4 Å². The highest BCUT2D eigenvalue weighted by molar-refractivity contribution is 7.92. The highest BCUT2D eigenvalue weighted by Gasteiger charge is 2.35. The van der Waals surface area contributed by atoms with Crippen LogP contribution in [0.4, 0.5) is 43.7 Å². The lowest BCUT2D eigenvalue weighted by molar-refractivity contribution is -0.137. The van der Waals surface area contributed by atoms with Gasteiger partial charge in [0.15, 0.2) is 17.5 Å². The Morgan fingerprint density at radius 3 is 2.41 bits per heavy atom. The first kappa shape index (κ1) is 31.0. The normalized spacial score (nSPS) is 14.1. The standard InChI is InChI=1S/C29H21F6N7O3S/c30-15-4-5-19(31)23(12-15)46(43,44)41-21-3-1-2-16(25(21)32)20-6-7-22-26(38-20)28(42-8-10-45-11-9-42)40-27(39-22)17-14-37-24(36)13-18(17)29(33,34)35/h1-7,12-14,41H,8-11H2,(H2,36,37). The third-order valence-corrected chi connectivity index (χ3v) is 8.39. The van der Waals surface area contributed by atoms with Gasteiger partial charge in [-0.15, -0.1) is 0 Å². The van der Waals surface area contributed by atoms with E-state index >= 15 is 4.39 Å². The average molecular weight is 662 g/mol. The predicted molar refractivity (Wildman–Crippen MR) is 156 cm³/mol. The molecule has 0 amide bonds. The van der Waals surface area contributed by atoms with Crippen LogP contribution < -0.4 is 15.4 Å². The summed E-state index contributed by atoms with van der Waals surface area (Å²) in [6.07, 6.45) is -3.86. The maximum Gasteiger partial charge on any atom is 0.417 e. The molecule has 1 saturated heterocycles. The predicted octanol–water partition coefficient (Wildman–Crippen LogP) is 5.41. The van der Waals surface area contributed by atoms with Gasteiger partial charge in [0.1, 0.15) is 27.9 Å². The molecule has 4 heterocycles. The van der Waals surface area contributed by atoms with Gasteiger partial charge in [0.2, 0.25) is 0 Å². The Bertz CT molecular complexity index is 2090. The number of halogens is 6. The number of nitrogen functional groups attached to an aromatic ring is 1. The monoisotopic (exact) mass is 661 g/mol. The molecule has 0 atom stereocenters. The second-order valence-corrected chi connectivity index (χ2v) is 11.7. The van der Waals surface area contributed by atoms with Crippen LogP contribution in [0.25, 0.3) is 33.7 Å². The molecule has 1 fully saturated rings. The zero-order valence-corrected chi connectivity index (χ0v) is 24.1. The lowest BCUT2D eigenvalue weighted by atomic mass is 10.1. The molecular formula is C29H21F6N7O3S. The van der Waals surface area contributed by atoms with E-state index in [0.29, 0.717) is 44.5 Å². The number of rotatable bonds is 6. The van der Waals surface area contributed by atoms with Crippen LogP contribution in [0.3, 0.4) is 0 Å². The number of nitrogens with zero attached hydrogens (tertiary/aromatic N) is 5. The topological polar surface area (TPSA) is 136 Å². The summed E-state index contributed by atoms with van der Waals surface area (Å²) in [6, 6.07) is 8.98. The number of nitrogens with two attached hydrogens (primary N) is 1. The van der Waals surface area contributed by atoms with Crippen LogP contribution in [-0.2, 0) is 20.9 Å². The van der Waals surface area contributed by atoms with E-state index in [1.807, 2.05) is 4.72 Å². The third kappa shape index (κ3) is 5.97. The summed E-state index contributed by atoms with van der Waals surface area (Å²) >= 11 is 0. The van der Waals surface area contributed by atoms with Crippen LogP contribution in [0.15, 0.2) is 65.7 Å². The highest BCUT2D eigenvalue weighted by Crippen LogP contribution is 2.38. The number of alkyl halides is 3. The van der Waals surface area contributed by atoms with E-state index in [9.17, 15) is 30.4 Å². The molecule has 0 bridgehead atoms. The lowest BCUT2D eigenvalue weighted by Gasteiger charge is -2.28. The molecule has 0 saturated carbocycles. The van der Waals surface area contributed by atoms with Gasteiger partial charge in [-0.25, -0.2) is 41.5 Å². The molecule has 46 heavy (non-hydrogen) atoms. The number of nitrogens with one attached hydrogen (secondary N) is 1. The Balaban J connectivity index is 1.46. The van der Waals surface area contributed by atoms with Crippen molar-refractivity contribution in [3.05, 3.63) is 83.8 Å². The number of hydrogen-bond acceptors (Lipinski definition) is 9. The number of hydrogen-bond donors (Lipinski definition) is 2. The van der Waals surface area contributed by atoms with Gasteiger partial charge in [0.05, 0.1) is 35.7 Å². The summed E-state index contributed by atoms with van der Waals surface area (Å²) < 4.78 is 118. The minimum absolute atomic E-state index is 0.000949. The van der Waals surface area contributed by atoms with Crippen LogP contribution in [0, 0.1) is 17.5 Å². The number of morpholine rings is 1. The first-order valence-electron chi connectivity index (χ1n) is 13.4. The van der Waals surface area contributed by atoms with Gasteiger partial charge in [-0.05, 0) is 48.5 Å². The smallest absolute Gasteiger partial charge is 0.384 e. The van der Waals surface area contributed by atoms with Crippen molar-refractivity contribution in [2.24, 2.45) is 0 Å². The highest BCUT2D eigenvalue weighted by atomic mass is 32.2. The third-order valence-electron chi connectivity index (χ3n) is 7.01. The summed E-state index contributed by atoms with van der Waals surface area (Å²) in [6.45, 7) is 1.21. The molecule has 5 aromatic rings. The van der Waals surface area contributed by atoms with Crippen molar-refractivity contribution in [3.8, 4) is 22.6 Å². The van der Waals surface area contributed by atoms with Crippen molar-refractivity contribution in [1.29, 1.82) is 0 Å². The van der Waals surface area contributed by atoms with Gasteiger partial charge in [-0.1, -0.05) is 6.07 Å². The minimum atomic E-state index is -4.80. The first-order chi connectivity index (χ1) is 21.8. The number of benzene rings is 2. The van der Waals surface area contributed by atoms with Crippen molar-refractivity contribution < 1.29 is 39.5 Å². The van der Waals surface area contributed by atoms with Crippen LogP contribution >= 0.6 is 0 Å². The lowest BCUT2D eigenvalue weighted by Crippen LogP contribution is -2.37. The summed E-state index contributed by atoms with van der Waals surface area (Å²) in [5.41, 5.74) is 3.52. The van der Waals surface area contributed by atoms with Crippen LogP contribution in [0.2, 0.25) is 0 Å². The van der Waals surface area contributed by atoms with Crippen LogP contribution in [0.1, 0.15) is 5.56 Å². The van der Waals surface area contributed by atoms with Crippen molar-refractivity contribution in [2.45, 2.75) is 11.1 Å². The van der Waals surface area contributed by atoms with E-state index in [0.717, 1.165) is 18.3 Å². The number of aromatic nitrogens is 4. The number of fused-ring (bicyclic) bond motifs is 1. The maximum atomic E-state index is 15.8. The molecule has 2 aromatic carbocycles. The van der Waals surface area contributed by atoms with Crippen molar-refractivity contribution in [3.63, 3.8) is 0 Å². The number of pyridine rings is 2. The Hall–Kier alpha value is -5.03. The van der Waals surface area contributed by atoms with E-state index in [-0.39, 0.29) is 39.8 Å². The number of ether oxygens (including phenoxy) is 1. The average Bonchev–Trinajstić information content (AvgIpc) is 3.02. The van der Waals surface area contributed by atoms with E-state index in [1.165, 1.54) is 24.3 Å². The molecule has 1 aliphatic rings. The number of sulfonamides is 1. The van der Waals surface area contributed by atoms with Gasteiger partial charge in [-0.2, -0.15) is 13.2 Å². The summed E-state index contributed by atoms with van der Waals surface area (Å²) in [7, 11) is -4.75. The molecule has 3 aromatic heterocycles. The van der Waals surface area contributed by atoms with E-state index in [4.69, 9.17) is 10.5 Å². The molecule has 0 unspecified atom stereocenters. The molecule has 0 spiro atoms. The van der Waals surface area contributed by atoms with E-state index in [2.05, 4.69) is 19.9 Å². The fraction of sp³-hybridized carbons (Fsp3) is 0.172. The zero-order chi connectivity index (χ0) is 32.8. The summed E-state index contributed by atoms with van der Waals surface area (Å²) in [5, 5.41) is 0. The van der Waals surface area contributed by atoms with Gasteiger partial charge >= 0.3 is 6.18 Å². The van der Waals surface area contributed by atoms with Gasteiger partial charge in [-0.3, -0.25) is 4.72 Å². The zero-order valence-electron chi connectivity index (χ0n) is 23.3. The second kappa shape index (κ2) is 11.7. The Morgan fingerprint density at radius 2 is 1.67 bits per heavy atom.